The van der Waals surface area contributed by atoms with Crippen molar-refractivity contribution in [1.82, 2.24) is 9.88 Å². The normalized spacial score (nSPS) is 13.4. The minimum Gasteiger partial charge on any atom is -0.385 e. The van der Waals surface area contributed by atoms with E-state index in [2.05, 4.69) is 10.6 Å². The summed E-state index contributed by atoms with van der Waals surface area (Å²) in [6.07, 6.45) is 4.03. The fraction of sp³-hybridized carbons (Fsp3) is 0.312. The Kier molecular flexibility index (Phi) is 3.46. The highest BCUT2D eigenvalue weighted by Crippen LogP contribution is 2.25. The predicted octanol–water partition coefficient (Wildman–Crippen LogP) is 2.31. The minimum absolute atomic E-state index is 0.00625. The summed E-state index contributed by atoms with van der Waals surface area (Å²) in [4.78, 5) is 12.4. The number of aromatic nitrogens is 1. The van der Waals surface area contributed by atoms with Crippen LogP contribution in [0.4, 0.5) is 5.69 Å². The molecule has 1 aliphatic rings. The number of fused-ring (bicyclic) bond motifs is 1. The van der Waals surface area contributed by atoms with Crippen LogP contribution in [0.1, 0.15) is 28.0 Å². The zero-order chi connectivity index (χ0) is 13.9. The van der Waals surface area contributed by atoms with Gasteiger partial charge in [-0.15, -0.1) is 0 Å². The Balaban J connectivity index is 1.76. The molecule has 20 heavy (non-hydrogen) atoms. The van der Waals surface area contributed by atoms with E-state index in [9.17, 15) is 4.79 Å². The summed E-state index contributed by atoms with van der Waals surface area (Å²) in [6.45, 7) is 1.54. The van der Waals surface area contributed by atoms with E-state index in [1.54, 1.807) is 0 Å². The molecule has 0 unspecified atom stereocenters. The van der Waals surface area contributed by atoms with Crippen LogP contribution >= 0.6 is 0 Å². The molecule has 0 saturated carbocycles. The number of anilines is 1. The van der Waals surface area contributed by atoms with Crippen molar-refractivity contribution in [3.05, 3.63) is 53.3 Å². The molecular weight excluding hydrogens is 250 g/mol. The average Bonchev–Trinajstić information content (AvgIpc) is 2.89. The van der Waals surface area contributed by atoms with Crippen molar-refractivity contribution in [2.75, 3.05) is 11.9 Å². The number of rotatable bonds is 3. The third kappa shape index (κ3) is 2.41. The van der Waals surface area contributed by atoms with E-state index in [4.69, 9.17) is 0 Å². The standard InChI is InChI=1S/C16H19N3O/c1-19-10-4-5-12(19)11-18-16(20)14-6-2-8-15-13(14)7-3-9-17-15/h2,4-6,8,10,17H,3,7,9,11H2,1H3,(H,18,20). The van der Waals surface area contributed by atoms with E-state index in [1.165, 1.54) is 0 Å². The molecule has 0 spiro atoms. The summed E-state index contributed by atoms with van der Waals surface area (Å²) in [6, 6.07) is 9.89. The summed E-state index contributed by atoms with van der Waals surface area (Å²) in [5.41, 5.74) is 4.14. The van der Waals surface area contributed by atoms with Gasteiger partial charge in [0, 0.05) is 36.7 Å². The van der Waals surface area contributed by atoms with E-state index < -0.39 is 0 Å². The summed E-state index contributed by atoms with van der Waals surface area (Å²) in [5.74, 6) is 0.00625. The van der Waals surface area contributed by atoms with E-state index >= 15 is 0 Å². The average molecular weight is 269 g/mol. The van der Waals surface area contributed by atoms with Gasteiger partial charge in [-0.05, 0) is 42.7 Å². The number of hydrogen-bond donors (Lipinski definition) is 2. The highest BCUT2D eigenvalue weighted by molar-refractivity contribution is 5.97. The third-order valence-corrected chi connectivity index (χ3v) is 3.82. The number of nitrogens with zero attached hydrogens (tertiary/aromatic N) is 1. The number of hydrogen-bond acceptors (Lipinski definition) is 2. The molecule has 4 nitrogen and oxygen atoms in total. The minimum atomic E-state index is 0.00625. The fourth-order valence-electron chi connectivity index (χ4n) is 2.67. The van der Waals surface area contributed by atoms with Crippen LogP contribution in [0.2, 0.25) is 0 Å². The van der Waals surface area contributed by atoms with Crippen molar-refractivity contribution >= 4 is 11.6 Å². The molecule has 1 aliphatic heterocycles. The van der Waals surface area contributed by atoms with Crippen LogP contribution < -0.4 is 10.6 Å². The largest absolute Gasteiger partial charge is 0.385 e. The lowest BCUT2D eigenvalue weighted by Crippen LogP contribution is -2.26. The first-order valence-electron chi connectivity index (χ1n) is 7.00. The fourth-order valence-corrected chi connectivity index (χ4v) is 2.67. The highest BCUT2D eigenvalue weighted by atomic mass is 16.1. The quantitative estimate of drug-likeness (QED) is 0.898. The Bertz CT molecular complexity index is 630. The van der Waals surface area contributed by atoms with E-state index in [-0.39, 0.29) is 5.91 Å². The monoisotopic (exact) mass is 269 g/mol. The highest BCUT2D eigenvalue weighted by Gasteiger charge is 2.17. The van der Waals surface area contributed by atoms with E-state index in [0.29, 0.717) is 6.54 Å². The van der Waals surface area contributed by atoms with E-state index in [1.807, 2.05) is 48.1 Å². The van der Waals surface area contributed by atoms with E-state index in [0.717, 1.165) is 41.9 Å². The number of nitrogens with one attached hydrogen (secondary N) is 2. The van der Waals surface area contributed by atoms with Gasteiger partial charge in [-0.2, -0.15) is 0 Å². The van der Waals surface area contributed by atoms with Crippen LogP contribution in [0.15, 0.2) is 36.5 Å². The van der Waals surface area contributed by atoms with Gasteiger partial charge in [0.1, 0.15) is 0 Å². The van der Waals surface area contributed by atoms with Gasteiger partial charge < -0.3 is 15.2 Å². The number of carbonyl (C=O) groups excluding carboxylic acids is 1. The zero-order valence-electron chi connectivity index (χ0n) is 11.6. The molecule has 1 aromatic carbocycles. The topological polar surface area (TPSA) is 46.1 Å². The van der Waals surface area contributed by atoms with Crippen molar-refractivity contribution in [2.45, 2.75) is 19.4 Å². The van der Waals surface area contributed by atoms with Gasteiger partial charge in [0.2, 0.25) is 0 Å². The number of benzene rings is 1. The van der Waals surface area contributed by atoms with Crippen molar-refractivity contribution in [3.8, 4) is 0 Å². The lowest BCUT2D eigenvalue weighted by molar-refractivity contribution is 0.0949. The molecule has 1 aromatic heterocycles. The summed E-state index contributed by atoms with van der Waals surface area (Å²) >= 11 is 0. The maximum atomic E-state index is 12.4. The lowest BCUT2D eigenvalue weighted by Gasteiger charge is -2.20. The molecule has 104 valence electrons. The molecule has 0 bridgehead atoms. The molecule has 3 rings (SSSR count). The maximum Gasteiger partial charge on any atom is 0.251 e. The summed E-state index contributed by atoms with van der Waals surface area (Å²) in [7, 11) is 1.98. The summed E-state index contributed by atoms with van der Waals surface area (Å²) < 4.78 is 2.02. The van der Waals surface area contributed by atoms with Crippen LogP contribution in [0.3, 0.4) is 0 Å². The molecule has 1 amide bonds. The van der Waals surface area contributed by atoms with Crippen LogP contribution in [0.25, 0.3) is 0 Å². The van der Waals surface area contributed by atoms with Crippen molar-refractivity contribution in [3.63, 3.8) is 0 Å². The molecule has 0 atom stereocenters. The Morgan fingerprint density at radius 2 is 2.25 bits per heavy atom. The van der Waals surface area contributed by atoms with Gasteiger partial charge in [0.15, 0.2) is 0 Å². The first kappa shape index (κ1) is 12.8. The molecule has 2 aromatic rings. The molecule has 4 heteroatoms. The predicted molar refractivity (Wildman–Crippen MR) is 79.8 cm³/mol. The third-order valence-electron chi connectivity index (χ3n) is 3.82. The molecular formula is C16H19N3O. The van der Waals surface area contributed by atoms with Crippen molar-refractivity contribution in [1.29, 1.82) is 0 Å². The Labute approximate surface area is 118 Å². The molecule has 2 N–H and O–H groups in total. The van der Waals surface area contributed by atoms with Gasteiger partial charge in [-0.1, -0.05) is 6.07 Å². The van der Waals surface area contributed by atoms with Gasteiger partial charge in [0.25, 0.3) is 5.91 Å². The van der Waals surface area contributed by atoms with Gasteiger partial charge >= 0.3 is 0 Å². The molecule has 2 heterocycles. The molecule has 0 saturated heterocycles. The van der Waals surface area contributed by atoms with Crippen LogP contribution in [0, 0.1) is 0 Å². The number of amides is 1. The summed E-state index contributed by atoms with van der Waals surface area (Å²) in [5, 5.41) is 6.36. The second-order valence-electron chi connectivity index (χ2n) is 5.16. The van der Waals surface area contributed by atoms with Crippen molar-refractivity contribution < 1.29 is 4.79 Å². The van der Waals surface area contributed by atoms with Crippen LogP contribution in [0.5, 0.6) is 0 Å². The van der Waals surface area contributed by atoms with Crippen LogP contribution in [-0.4, -0.2) is 17.0 Å². The smallest absolute Gasteiger partial charge is 0.251 e. The Hall–Kier alpha value is -2.23. The SMILES string of the molecule is Cn1cccc1CNC(=O)c1cccc2c1CCCN2. The number of aryl methyl sites for hydroxylation is 1. The molecule has 0 radical (unpaired) electrons. The van der Waals surface area contributed by atoms with Crippen molar-refractivity contribution in [2.24, 2.45) is 7.05 Å². The van der Waals surface area contributed by atoms with Crippen LogP contribution in [-0.2, 0) is 20.0 Å². The van der Waals surface area contributed by atoms with Gasteiger partial charge in [-0.3, -0.25) is 4.79 Å². The maximum absolute atomic E-state index is 12.4. The second-order valence-corrected chi connectivity index (χ2v) is 5.16. The Morgan fingerprint density at radius 3 is 3.05 bits per heavy atom. The molecule has 0 fully saturated rings. The zero-order valence-corrected chi connectivity index (χ0v) is 11.6. The van der Waals surface area contributed by atoms with Gasteiger partial charge in [-0.25, -0.2) is 0 Å². The first-order valence-corrected chi connectivity index (χ1v) is 7.00. The first-order chi connectivity index (χ1) is 9.75. The molecule has 0 aliphatic carbocycles. The number of carbonyl (C=O) groups is 1. The second kappa shape index (κ2) is 5.41. The Morgan fingerprint density at radius 1 is 1.35 bits per heavy atom. The lowest BCUT2D eigenvalue weighted by atomic mass is 9.97. The van der Waals surface area contributed by atoms with Gasteiger partial charge in [0.05, 0.1) is 6.54 Å².